The molecule has 1 amide bonds. The molecule has 1 aliphatic rings. The predicted octanol–water partition coefficient (Wildman–Crippen LogP) is 2.81. The van der Waals surface area contributed by atoms with Gasteiger partial charge in [-0.15, -0.1) is 0 Å². The summed E-state index contributed by atoms with van der Waals surface area (Å²) in [4.78, 5) is 23.6. The molecule has 0 aromatic heterocycles. The third-order valence-electron chi connectivity index (χ3n) is 3.93. The highest BCUT2D eigenvalue weighted by molar-refractivity contribution is 7.90. The van der Waals surface area contributed by atoms with Gasteiger partial charge in [-0.2, -0.15) is 0 Å². The van der Waals surface area contributed by atoms with Crippen LogP contribution in [0.2, 0.25) is 5.02 Å². The minimum Gasteiger partial charge on any atom is -0.456 e. The van der Waals surface area contributed by atoms with Crippen LogP contribution in [-0.2, 0) is 24.2 Å². The van der Waals surface area contributed by atoms with E-state index in [4.69, 9.17) is 16.3 Å². The predicted molar refractivity (Wildman–Crippen MR) is 90.7 cm³/mol. The molecule has 0 radical (unpaired) electrons. The van der Waals surface area contributed by atoms with Crippen LogP contribution in [0, 0.1) is 5.92 Å². The van der Waals surface area contributed by atoms with Crippen LogP contribution in [0.5, 0.6) is 0 Å². The zero-order chi connectivity index (χ0) is 17.7. The number of benzene rings is 1. The van der Waals surface area contributed by atoms with Crippen LogP contribution in [0.25, 0.3) is 0 Å². The fourth-order valence-corrected chi connectivity index (χ4v) is 3.48. The van der Waals surface area contributed by atoms with Gasteiger partial charge in [0.2, 0.25) is 0 Å². The quantitative estimate of drug-likeness (QED) is 0.774. The summed E-state index contributed by atoms with van der Waals surface area (Å²) in [5, 5.41) is 2.66. The van der Waals surface area contributed by atoms with E-state index in [-0.39, 0.29) is 15.6 Å². The number of amides is 1. The number of nitrogens with one attached hydrogen (secondary N) is 1. The molecule has 0 spiro atoms. The van der Waals surface area contributed by atoms with E-state index in [0.29, 0.717) is 12.3 Å². The highest BCUT2D eigenvalue weighted by Crippen LogP contribution is 2.28. The molecule has 0 aliphatic heterocycles. The molecule has 1 aromatic carbocycles. The molecule has 1 saturated carbocycles. The molecule has 0 atom stereocenters. The largest absolute Gasteiger partial charge is 0.456 e. The first kappa shape index (κ1) is 18.7. The van der Waals surface area contributed by atoms with Crippen molar-refractivity contribution in [3.8, 4) is 0 Å². The van der Waals surface area contributed by atoms with Gasteiger partial charge in [-0.3, -0.25) is 9.59 Å². The van der Waals surface area contributed by atoms with Crippen molar-refractivity contribution in [2.24, 2.45) is 5.92 Å². The second-order valence-corrected chi connectivity index (χ2v) is 8.40. The van der Waals surface area contributed by atoms with Gasteiger partial charge in [0.1, 0.15) is 0 Å². The van der Waals surface area contributed by atoms with Crippen molar-refractivity contribution in [2.45, 2.75) is 37.0 Å². The van der Waals surface area contributed by atoms with Gasteiger partial charge >= 0.3 is 5.97 Å². The van der Waals surface area contributed by atoms with Crippen LogP contribution < -0.4 is 5.32 Å². The number of ether oxygens (including phenoxy) is 1. The minimum absolute atomic E-state index is 0.0421. The van der Waals surface area contributed by atoms with E-state index in [2.05, 4.69) is 5.32 Å². The van der Waals surface area contributed by atoms with Crippen molar-refractivity contribution in [3.63, 3.8) is 0 Å². The maximum Gasteiger partial charge on any atom is 0.306 e. The second kappa shape index (κ2) is 7.98. The number of carbonyl (C=O) groups is 2. The summed E-state index contributed by atoms with van der Waals surface area (Å²) in [5.41, 5.74) is 0.163. The van der Waals surface area contributed by atoms with Crippen LogP contribution in [0.15, 0.2) is 23.1 Å². The molecule has 1 N–H and O–H groups in total. The topological polar surface area (TPSA) is 89.5 Å². The van der Waals surface area contributed by atoms with Gasteiger partial charge in [-0.1, -0.05) is 24.4 Å². The lowest BCUT2D eigenvalue weighted by Crippen LogP contribution is -2.22. The molecular formula is C16H20ClNO5S. The molecule has 6 nitrogen and oxygen atoms in total. The number of carbonyl (C=O) groups excluding carboxylic acids is 2. The second-order valence-electron chi connectivity index (χ2n) is 5.98. The van der Waals surface area contributed by atoms with Gasteiger partial charge < -0.3 is 10.1 Å². The summed E-state index contributed by atoms with van der Waals surface area (Å²) in [6, 6.07) is 4.02. The molecule has 24 heavy (non-hydrogen) atoms. The van der Waals surface area contributed by atoms with E-state index in [1.807, 2.05) is 0 Å². The highest BCUT2D eigenvalue weighted by atomic mass is 35.5. The first-order valence-corrected chi connectivity index (χ1v) is 9.97. The van der Waals surface area contributed by atoms with Crippen molar-refractivity contribution < 1.29 is 22.7 Å². The molecule has 0 saturated heterocycles. The normalized spacial score (nSPS) is 15.2. The molecule has 1 fully saturated rings. The van der Waals surface area contributed by atoms with E-state index in [1.54, 1.807) is 0 Å². The lowest BCUT2D eigenvalue weighted by atomic mass is 10.1. The zero-order valence-corrected chi connectivity index (χ0v) is 15.0. The van der Waals surface area contributed by atoms with Gasteiger partial charge in [-0.25, -0.2) is 8.42 Å². The SMILES string of the molecule is CS(=O)(=O)c1ccc(Cl)c(NC(=O)COC(=O)CC2CCCC2)c1. The number of hydrogen-bond donors (Lipinski definition) is 1. The Labute approximate surface area is 146 Å². The van der Waals surface area contributed by atoms with Gasteiger partial charge in [0, 0.05) is 12.7 Å². The number of anilines is 1. The van der Waals surface area contributed by atoms with Crippen LogP contribution >= 0.6 is 11.6 Å². The zero-order valence-electron chi connectivity index (χ0n) is 13.4. The number of hydrogen-bond acceptors (Lipinski definition) is 5. The first-order valence-electron chi connectivity index (χ1n) is 7.71. The minimum atomic E-state index is -3.41. The van der Waals surface area contributed by atoms with E-state index in [0.717, 1.165) is 31.9 Å². The van der Waals surface area contributed by atoms with E-state index in [9.17, 15) is 18.0 Å². The van der Waals surface area contributed by atoms with Gasteiger partial charge in [0.15, 0.2) is 16.4 Å². The third-order valence-corrected chi connectivity index (χ3v) is 5.37. The molecule has 0 bridgehead atoms. The Morgan fingerprint density at radius 2 is 1.96 bits per heavy atom. The molecule has 2 rings (SSSR count). The summed E-state index contributed by atoms with van der Waals surface area (Å²) < 4.78 is 28.0. The Bertz CT molecular complexity index is 726. The Balaban J connectivity index is 1.88. The highest BCUT2D eigenvalue weighted by Gasteiger charge is 2.20. The number of sulfone groups is 1. The standard InChI is InChI=1S/C16H20ClNO5S/c1-24(21,22)12-6-7-13(17)14(9-12)18-15(19)10-23-16(20)8-11-4-2-3-5-11/h6-7,9,11H,2-5,8,10H2,1H3,(H,18,19). The summed E-state index contributed by atoms with van der Waals surface area (Å²) in [6.45, 7) is -0.426. The third kappa shape index (κ3) is 5.49. The Hall–Kier alpha value is -1.60. The summed E-state index contributed by atoms with van der Waals surface area (Å²) in [6.07, 6.45) is 5.70. The van der Waals surface area contributed by atoms with Crippen LogP contribution in [0.1, 0.15) is 32.1 Å². The average Bonchev–Trinajstić information content (AvgIpc) is 2.99. The van der Waals surface area contributed by atoms with Crippen LogP contribution in [0.4, 0.5) is 5.69 Å². The Morgan fingerprint density at radius 3 is 2.58 bits per heavy atom. The molecule has 0 heterocycles. The number of rotatable bonds is 6. The van der Waals surface area contributed by atoms with Crippen molar-refractivity contribution in [1.29, 1.82) is 0 Å². The van der Waals surface area contributed by atoms with E-state index >= 15 is 0 Å². The van der Waals surface area contributed by atoms with Crippen LogP contribution in [-0.4, -0.2) is 33.2 Å². The maximum absolute atomic E-state index is 11.9. The Morgan fingerprint density at radius 1 is 1.29 bits per heavy atom. The Kier molecular flexibility index (Phi) is 6.23. The van der Waals surface area contributed by atoms with Crippen molar-refractivity contribution in [3.05, 3.63) is 23.2 Å². The van der Waals surface area contributed by atoms with Crippen molar-refractivity contribution in [1.82, 2.24) is 0 Å². The fourth-order valence-electron chi connectivity index (χ4n) is 2.67. The van der Waals surface area contributed by atoms with Gasteiger partial charge in [-0.05, 0) is 37.0 Å². The number of esters is 1. The monoisotopic (exact) mass is 373 g/mol. The first-order chi connectivity index (χ1) is 11.3. The summed E-state index contributed by atoms with van der Waals surface area (Å²) >= 11 is 5.95. The summed E-state index contributed by atoms with van der Waals surface area (Å²) in [5.74, 6) is -0.614. The van der Waals surface area contributed by atoms with Crippen molar-refractivity contribution in [2.75, 3.05) is 18.2 Å². The lowest BCUT2D eigenvalue weighted by Gasteiger charge is -2.11. The van der Waals surface area contributed by atoms with E-state index < -0.39 is 28.3 Å². The molecule has 1 aromatic rings. The number of halogens is 1. The molecule has 1 aliphatic carbocycles. The fraction of sp³-hybridized carbons (Fsp3) is 0.500. The maximum atomic E-state index is 11.9. The molecular weight excluding hydrogens is 354 g/mol. The van der Waals surface area contributed by atoms with Gasteiger partial charge in [0.05, 0.1) is 15.6 Å². The van der Waals surface area contributed by atoms with E-state index in [1.165, 1.54) is 18.2 Å². The molecule has 0 unspecified atom stereocenters. The van der Waals surface area contributed by atoms with Crippen LogP contribution in [0.3, 0.4) is 0 Å². The smallest absolute Gasteiger partial charge is 0.306 e. The molecule has 8 heteroatoms. The molecule has 132 valence electrons. The van der Waals surface area contributed by atoms with Crippen molar-refractivity contribution >= 4 is 39.0 Å². The van der Waals surface area contributed by atoms with Gasteiger partial charge in [0.25, 0.3) is 5.91 Å². The summed E-state index contributed by atoms with van der Waals surface area (Å²) in [7, 11) is -3.41. The lowest BCUT2D eigenvalue weighted by molar-refractivity contribution is -0.148. The average molecular weight is 374 g/mol.